The highest BCUT2D eigenvalue weighted by atomic mass is 35.5. The van der Waals surface area contributed by atoms with Gasteiger partial charge < -0.3 is 20.4 Å². The van der Waals surface area contributed by atoms with E-state index in [0.29, 0.717) is 36.0 Å². The number of nitrogens with two attached hydrogens (primary N) is 1. The molecule has 10 heteroatoms. The van der Waals surface area contributed by atoms with Crippen molar-refractivity contribution in [2.75, 3.05) is 24.2 Å². The summed E-state index contributed by atoms with van der Waals surface area (Å²) in [7, 11) is 1.74. The standard InChI is InChI=1S/C10H14N4O2.C5H2ClN3/c1-3-16-10(15)8-6(11)7-9(14(8)2)13-5-4-12-7;6-5-4(3-7)8-1-2-9-5/h5,12H,3-4,11H2,1-2H3;1-2H. The summed E-state index contributed by atoms with van der Waals surface area (Å²) >= 11 is 5.43. The zero-order valence-corrected chi connectivity index (χ0v) is 14.4. The van der Waals surface area contributed by atoms with Gasteiger partial charge in [-0.2, -0.15) is 5.26 Å². The average molecular weight is 362 g/mol. The van der Waals surface area contributed by atoms with E-state index in [9.17, 15) is 4.79 Å². The number of rotatable bonds is 2. The largest absolute Gasteiger partial charge is 0.461 e. The highest BCUT2D eigenvalue weighted by Gasteiger charge is 2.25. The number of hydrogen-bond donors (Lipinski definition) is 2. The Morgan fingerprint density at radius 3 is 2.80 bits per heavy atom. The molecule has 130 valence electrons. The molecule has 2 aromatic heterocycles. The molecule has 0 aromatic carbocycles. The summed E-state index contributed by atoms with van der Waals surface area (Å²) < 4.78 is 6.59. The number of esters is 1. The maximum Gasteiger partial charge on any atom is 0.357 e. The van der Waals surface area contributed by atoms with Gasteiger partial charge >= 0.3 is 5.97 Å². The van der Waals surface area contributed by atoms with Crippen LogP contribution in [-0.2, 0) is 11.8 Å². The maximum absolute atomic E-state index is 11.7. The predicted molar refractivity (Wildman–Crippen MR) is 94.2 cm³/mol. The number of aromatic nitrogens is 3. The molecule has 0 spiro atoms. The van der Waals surface area contributed by atoms with Gasteiger partial charge in [0.15, 0.2) is 22.4 Å². The number of nitrogens with zero attached hydrogens (tertiary/aromatic N) is 5. The Bertz CT molecular complexity index is 854. The molecule has 0 saturated heterocycles. The molecule has 25 heavy (non-hydrogen) atoms. The summed E-state index contributed by atoms with van der Waals surface area (Å²) in [5.41, 5.74) is 7.51. The van der Waals surface area contributed by atoms with E-state index in [0.717, 1.165) is 0 Å². The van der Waals surface area contributed by atoms with Gasteiger partial charge in [-0.15, -0.1) is 0 Å². The summed E-state index contributed by atoms with van der Waals surface area (Å²) in [5, 5.41) is 11.5. The first-order chi connectivity index (χ1) is 12.0. The molecule has 1 aliphatic rings. The second-order valence-corrected chi connectivity index (χ2v) is 5.10. The first-order valence-electron chi connectivity index (χ1n) is 7.29. The molecular weight excluding hydrogens is 346 g/mol. The topological polar surface area (TPSA) is 131 Å². The van der Waals surface area contributed by atoms with Crippen molar-refractivity contribution in [1.29, 1.82) is 5.26 Å². The van der Waals surface area contributed by atoms with Crippen molar-refractivity contribution in [3.63, 3.8) is 0 Å². The molecule has 2 aromatic rings. The van der Waals surface area contributed by atoms with Crippen LogP contribution < -0.4 is 11.1 Å². The van der Waals surface area contributed by atoms with Gasteiger partial charge in [-0.25, -0.2) is 19.8 Å². The van der Waals surface area contributed by atoms with Crippen molar-refractivity contribution in [3.05, 3.63) is 28.9 Å². The SMILES string of the molecule is CCOC(=O)c1c(N)c2c(n1C)N=CCN2.N#Cc1nccnc1Cl. The molecule has 0 saturated carbocycles. The summed E-state index contributed by atoms with van der Waals surface area (Å²) in [6.45, 7) is 2.70. The number of nitrogen functional groups attached to an aromatic ring is 1. The fourth-order valence-electron chi connectivity index (χ4n) is 2.14. The minimum absolute atomic E-state index is 0.153. The Balaban J connectivity index is 0.000000212. The number of anilines is 2. The van der Waals surface area contributed by atoms with Crippen molar-refractivity contribution in [2.45, 2.75) is 6.92 Å². The summed E-state index contributed by atoms with van der Waals surface area (Å²) in [6, 6.07) is 1.79. The first-order valence-corrected chi connectivity index (χ1v) is 7.67. The second-order valence-electron chi connectivity index (χ2n) is 4.74. The molecule has 3 heterocycles. The molecular formula is C15H16ClN7O2. The molecule has 3 N–H and O–H groups in total. The lowest BCUT2D eigenvalue weighted by Gasteiger charge is -2.08. The van der Waals surface area contributed by atoms with Gasteiger partial charge in [-0.05, 0) is 6.92 Å². The molecule has 0 radical (unpaired) electrons. The molecule has 0 fully saturated rings. The number of carbonyl (C=O) groups excluding carboxylic acids is 1. The van der Waals surface area contributed by atoms with Crippen LogP contribution in [0.5, 0.6) is 0 Å². The smallest absolute Gasteiger partial charge is 0.357 e. The zero-order valence-electron chi connectivity index (χ0n) is 13.7. The molecule has 0 unspecified atom stereocenters. The molecule has 0 atom stereocenters. The van der Waals surface area contributed by atoms with E-state index in [2.05, 4.69) is 20.3 Å². The number of carbonyl (C=O) groups is 1. The van der Waals surface area contributed by atoms with E-state index in [1.165, 1.54) is 12.4 Å². The fourth-order valence-corrected chi connectivity index (χ4v) is 2.29. The van der Waals surface area contributed by atoms with Crippen molar-refractivity contribution in [1.82, 2.24) is 14.5 Å². The number of nitrogens with one attached hydrogen (secondary N) is 1. The number of ether oxygens (including phenoxy) is 1. The van der Waals surface area contributed by atoms with Crippen molar-refractivity contribution >= 4 is 41.0 Å². The van der Waals surface area contributed by atoms with Gasteiger partial charge in [0.2, 0.25) is 0 Å². The fraction of sp³-hybridized carbons (Fsp3) is 0.267. The van der Waals surface area contributed by atoms with Gasteiger partial charge in [0.05, 0.1) is 18.8 Å². The third-order valence-corrected chi connectivity index (χ3v) is 3.49. The van der Waals surface area contributed by atoms with Crippen LogP contribution >= 0.6 is 11.6 Å². The summed E-state index contributed by atoms with van der Waals surface area (Å²) in [6.07, 6.45) is 4.59. The lowest BCUT2D eigenvalue weighted by atomic mass is 10.3. The number of hydrogen-bond acceptors (Lipinski definition) is 8. The van der Waals surface area contributed by atoms with E-state index < -0.39 is 5.97 Å². The van der Waals surface area contributed by atoms with Crippen molar-refractivity contribution < 1.29 is 9.53 Å². The highest BCUT2D eigenvalue weighted by molar-refractivity contribution is 6.30. The van der Waals surface area contributed by atoms with E-state index in [-0.39, 0.29) is 10.8 Å². The Labute approximate surface area is 149 Å². The number of halogens is 1. The second kappa shape index (κ2) is 8.12. The first kappa shape index (κ1) is 18.2. The zero-order chi connectivity index (χ0) is 18.4. The average Bonchev–Trinajstić information content (AvgIpc) is 2.88. The van der Waals surface area contributed by atoms with Gasteiger partial charge in [-0.1, -0.05) is 11.6 Å². The van der Waals surface area contributed by atoms with Gasteiger partial charge in [0.1, 0.15) is 11.8 Å². The Morgan fingerprint density at radius 1 is 1.52 bits per heavy atom. The third kappa shape index (κ3) is 3.87. The third-order valence-electron chi connectivity index (χ3n) is 3.21. The monoisotopic (exact) mass is 361 g/mol. The minimum atomic E-state index is -0.422. The van der Waals surface area contributed by atoms with Crippen molar-refractivity contribution in [3.8, 4) is 6.07 Å². The normalized spacial score (nSPS) is 11.4. The van der Waals surface area contributed by atoms with E-state index in [1.54, 1.807) is 30.8 Å². The molecule has 3 rings (SSSR count). The van der Waals surface area contributed by atoms with Crippen LogP contribution in [0.4, 0.5) is 17.2 Å². The lowest BCUT2D eigenvalue weighted by molar-refractivity contribution is 0.0517. The van der Waals surface area contributed by atoms with Crippen LogP contribution in [0.15, 0.2) is 17.4 Å². The Morgan fingerprint density at radius 2 is 2.24 bits per heavy atom. The van der Waals surface area contributed by atoms with Crippen LogP contribution in [-0.4, -0.2) is 39.9 Å². The number of aliphatic imine (C=N–C) groups is 1. The molecule has 9 nitrogen and oxygen atoms in total. The lowest BCUT2D eigenvalue weighted by Crippen LogP contribution is -2.11. The number of fused-ring (bicyclic) bond motifs is 1. The van der Waals surface area contributed by atoms with E-state index in [1.807, 2.05) is 0 Å². The van der Waals surface area contributed by atoms with Crippen LogP contribution in [0.1, 0.15) is 23.1 Å². The van der Waals surface area contributed by atoms with Crippen molar-refractivity contribution in [2.24, 2.45) is 12.0 Å². The Hall–Kier alpha value is -3.12. The van der Waals surface area contributed by atoms with Crippen LogP contribution in [0, 0.1) is 11.3 Å². The van der Waals surface area contributed by atoms with E-state index >= 15 is 0 Å². The molecule has 0 bridgehead atoms. The van der Waals surface area contributed by atoms with Gasteiger partial charge in [0, 0.05) is 25.7 Å². The quantitative estimate of drug-likeness (QED) is 0.781. The van der Waals surface area contributed by atoms with Crippen LogP contribution in [0.25, 0.3) is 0 Å². The summed E-state index contributed by atoms with van der Waals surface area (Å²) in [4.78, 5) is 23.2. The predicted octanol–water partition coefficient (Wildman–Crippen LogP) is 1.91. The van der Waals surface area contributed by atoms with E-state index in [4.69, 9.17) is 27.3 Å². The van der Waals surface area contributed by atoms with Gasteiger partial charge in [-0.3, -0.25) is 0 Å². The highest BCUT2D eigenvalue weighted by Crippen LogP contribution is 2.37. The maximum atomic E-state index is 11.7. The minimum Gasteiger partial charge on any atom is -0.461 e. The molecule has 1 aliphatic heterocycles. The number of nitriles is 1. The molecule has 0 amide bonds. The van der Waals surface area contributed by atoms with Crippen LogP contribution in [0.3, 0.4) is 0 Å². The van der Waals surface area contributed by atoms with Gasteiger partial charge in [0.25, 0.3) is 0 Å². The Kier molecular flexibility index (Phi) is 5.92. The summed E-state index contributed by atoms with van der Waals surface area (Å²) in [5.74, 6) is 0.237. The molecule has 0 aliphatic carbocycles. The van der Waals surface area contributed by atoms with Crippen LogP contribution in [0.2, 0.25) is 5.15 Å².